The minimum absolute atomic E-state index is 0. The number of rotatable bonds is 10. The van der Waals surface area contributed by atoms with Crippen LogP contribution in [0, 0.1) is 5.92 Å². The van der Waals surface area contributed by atoms with Crippen LogP contribution in [0.3, 0.4) is 0 Å². The van der Waals surface area contributed by atoms with Gasteiger partial charge in [-0.25, -0.2) is 0 Å². The van der Waals surface area contributed by atoms with Gasteiger partial charge >= 0.3 is 0 Å². The van der Waals surface area contributed by atoms with Crippen LogP contribution in [-0.4, -0.2) is 51.2 Å². The molecule has 0 bridgehead atoms. The van der Waals surface area contributed by atoms with E-state index in [9.17, 15) is 4.79 Å². The maximum Gasteiger partial charge on any atom is 0.244 e. The van der Waals surface area contributed by atoms with Crippen molar-refractivity contribution in [3.05, 3.63) is 29.8 Å². The summed E-state index contributed by atoms with van der Waals surface area (Å²) in [6.45, 7) is 4.01. The van der Waals surface area contributed by atoms with E-state index in [0.29, 0.717) is 18.4 Å². The number of benzene rings is 1. The first-order valence-corrected chi connectivity index (χ1v) is 10.4. The van der Waals surface area contributed by atoms with Gasteiger partial charge in [0.05, 0.1) is 13.7 Å². The van der Waals surface area contributed by atoms with Crippen molar-refractivity contribution < 1.29 is 14.3 Å². The number of halogens is 1. The average Bonchev–Trinajstić information content (AvgIpc) is 2.68. The van der Waals surface area contributed by atoms with Crippen molar-refractivity contribution in [1.82, 2.24) is 10.2 Å². The Morgan fingerprint density at radius 1 is 1.17 bits per heavy atom. The zero-order chi connectivity index (χ0) is 20.4. The van der Waals surface area contributed by atoms with Gasteiger partial charge in [-0.1, -0.05) is 13.0 Å². The molecule has 1 aliphatic carbocycles. The van der Waals surface area contributed by atoms with Gasteiger partial charge in [0.2, 0.25) is 5.91 Å². The van der Waals surface area contributed by atoms with Crippen LogP contribution in [-0.2, 0) is 4.79 Å². The molecule has 1 aliphatic rings. The van der Waals surface area contributed by atoms with Crippen LogP contribution in [0.15, 0.2) is 24.3 Å². The predicted octanol–water partition coefficient (Wildman–Crippen LogP) is 4.55. The molecule has 29 heavy (non-hydrogen) atoms. The van der Waals surface area contributed by atoms with E-state index in [4.69, 9.17) is 9.47 Å². The lowest BCUT2D eigenvalue weighted by molar-refractivity contribution is -0.117. The van der Waals surface area contributed by atoms with Crippen LogP contribution in [0.25, 0.3) is 6.08 Å². The zero-order valence-corrected chi connectivity index (χ0v) is 19.1. The molecule has 0 radical (unpaired) electrons. The van der Waals surface area contributed by atoms with E-state index in [1.807, 2.05) is 24.3 Å². The largest absolute Gasteiger partial charge is 0.493 e. The van der Waals surface area contributed by atoms with Gasteiger partial charge in [-0.05, 0) is 88.9 Å². The van der Waals surface area contributed by atoms with Crippen LogP contribution in [0.2, 0.25) is 0 Å². The molecule has 0 unspecified atom stereocenters. The maximum absolute atomic E-state index is 12.2. The highest BCUT2D eigenvalue weighted by Crippen LogP contribution is 2.29. The fraction of sp³-hybridized carbons (Fsp3) is 0.609. The third-order valence-corrected chi connectivity index (χ3v) is 5.23. The molecule has 0 aromatic heterocycles. The number of hydrogen-bond acceptors (Lipinski definition) is 4. The summed E-state index contributed by atoms with van der Waals surface area (Å²) in [6, 6.07) is 6.07. The second-order valence-corrected chi connectivity index (χ2v) is 8.07. The summed E-state index contributed by atoms with van der Waals surface area (Å²) >= 11 is 0. The Labute approximate surface area is 182 Å². The van der Waals surface area contributed by atoms with E-state index in [2.05, 4.69) is 31.2 Å². The molecule has 1 N–H and O–H groups in total. The molecule has 0 saturated heterocycles. The number of unbranched alkanes of at least 4 members (excludes halogenated alkanes) is 1. The third-order valence-electron chi connectivity index (χ3n) is 5.23. The minimum Gasteiger partial charge on any atom is -0.493 e. The molecular weight excluding hydrogens is 388 g/mol. The normalized spacial score (nSPS) is 19.1. The molecule has 0 heterocycles. The first-order valence-electron chi connectivity index (χ1n) is 10.4. The summed E-state index contributed by atoms with van der Waals surface area (Å²) in [7, 11) is 5.79. The molecule has 0 aliphatic heterocycles. The number of hydrogen-bond donors (Lipinski definition) is 1. The van der Waals surface area contributed by atoms with E-state index in [0.717, 1.165) is 49.5 Å². The third kappa shape index (κ3) is 9.55. The van der Waals surface area contributed by atoms with Crippen molar-refractivity contribution in [2.24, 2.45) is 5.92 Å². The second-order valence-electron chi connectivity index (χ2n) is 8.07. The van der Waals surface area contributed by atoms with Crippen molar-refractivity contribution in [2.75, 3.05) is 34.4 Å². The van der Waals surface area contributed by atoms with Gasteiger partial charge in [-0.3, -0.25) is 4.79 Å². The second kappa shape index (κ2) is 13.5. The van der Waals surface area contributed by atoms with Crippen molar-refractivity contribution in [1.29, 1.82) is 0 Å². The van der Waals surface area contributed by atoms with Crippen molar-refractivity contribution in [2.45, 2.75) is 51.5 Å². The summed E-state index contributed by atoms with van der Waals surface area (Å²) < 4.78 is 11.3. The fourth-order valence-corrected chi connectivity index (χ4v) is 3.44. The van der Waals surface area contributed by atoms with Gasteiger partial charge in [-0.2, -0.15) is 0 Å². The van der Waals surface area contributed by atoms with E-state index in [1.54, 1.807) is 13.2 Å². The van der Waals surface area contributed by atoms with E-state index >= 15 is 0 Å². The lowest BCUT2D eigenvalue weighted by Crippen LogP contribution is -2.36. The number of carbonyl (C=O) groups is 1. The van der Waals surface area contributed by atoms with Crippen molar-refractivity contribution in [3.8, 4) is 11.5 Å². The zero-order valence-electron chi connectivity index (χ0n) is 18.3. The van der Waals surface area contributed by atoms with Crippen LogP contribution in [0.5, 0.6) is 11.5 Å². The quantitative estimate of drug-likeness (QED) is 0.442. The Morgan fingerprint density at radius 2 is 1.90 bits per heavy atom. The molecule has 1 aromatic rings. The van der Waals surface area contributed by atoms with Gasteiger partial charge in [0.25, 0.3) is 0 Å². The molecule has 1 fully saturated rings. The minimum atomic E-state index is -0.0280. The number of ether oxygens (including phenoxy) is 2. The highest BCUT2D eigenvalue weighted by atomic mass is 35.5. The summed E-state index contributed by atoms with van der Waals surface area (Å²) in [5.74, 6) is 2.19. The van der Waals surface area contributed by atoms with Crippen LogP contribution in [0.4, 0.5) is 0 Å². The SMILES string of the molecule is COc1cc(C=CC(=O)N[C@H]2CC[C@H](C)CC2)ccc1OCCCCN(C)C.Cl. The number of nitrogens with zero attached hydrogens (tertiary/aromatic N) is 1. The van der Waals surface area contributed by atoms with Gasteiger partial charge in [0, 0.05) is 12.1 Å². The Bertz CT molecular complexity index is 641. The van der Waals surface area contributed by atoms with E-state index in [1.165, 1.54) is 12.8 Å². The Morgan fingerprint density at radius 3 is 2.55 bits per heavy atom. The van der Waals surface area contributed by atoms with Crippen LogP contribution >= 0.6 is 12.4 Å². The summed E-state index contributed by atoms with van der Waals surface area (Å²) in [5, 5.41) is 3.11. The molecule has 5 nitrogen and oxygen atoms in total. The first-order chi connectivity index (χ1) is 13.5. The lowest BCUT2D eigenvalue weighted by Gasteiger charge is -2.26. The summed E-state index contributed by atoms with van der Waals surface area (Å²) in [6.07, 6.45) is 10.1. The topological polar surface area (TPSA) is 50.8 Å². The number of nitrogens with one attached hydrogen (secondary N) is 1. The standard InChI is InChI=1S/C23H36N2O3.ClH/c1-18-7-11-20(12-8-18)24-23(26)14-10-19-9-13-21(22(17-19)27-4)28-16-6-5-15-25(2)3;/h9-10,13-14,17-18,20H,5-8,11-12,15-16H2,1-4H3,(H,24,26);1H/t18-,20-;. The maximum atomic E-state index is 12.2. The molecule has 0 atom stereocenters. The number of methoxy groups -OCH3 is 1. The molecule has 2 rings (SSSR count). The molecule has 0 spiro atoms. The molecular formula is C23H37ClN2O3. The molecule has 1 saturated carbocycles. The van der Waals surface area contributed by atoms with Gasteiger partial charge < -0.3 is 19.7 Å². The molecule has 164 valence electrons. The molecule has 1 aromatic carbocycles. The lowest BCUT2D eigenvalue weighted by atomic mass is 9.87. The Kier molecular flexibility index (Phi) is 11.8. The highest BCUT2D eigenvalue weighted by Gasteiger charge is 2.18. The Hall–Kier alpha value is -1.72. The molecule has 6 heteroatoms. The van der Waals surface area contributed by atoms with Crippen molar-refractivity contribution >= 4 is 24.4 Å². The van der Waals surface area contributed by atoms with Crippen molar-refractivity contribution in [3.63, 3.8) is 0 Å². The highest BCUT2D eigenvalue weighted by molar-refractivity contribution is 5.92. The first kappa shape index (κ1) is 25.3. The monoisotopic (exact) mass is 424 g/mol. The van der Waals surface area contributed by atoms with Gasteiger partial charge in [-0.15, -0.1) is 12.4 Å². The number of carbonyl (C=O) groups excluding carboxylic acids is 1. The van der Waals surface area contributed by atoms with E-state index in [-0.39, 0.29) is 18.3 Å². The predicted molar refractivity (Wildman–Crippen MR) is 122 cm³/mol. The smallest absolute Gasteiger partial charge is 0.244 e. The van der Waals surface area contributed by atoms with Crippen LogP contribution < -0.4 is 14.8 Å². The van der Waals surface area contributed by atoms with Crippen LogP contribution in [0.1, 0.15) is 51.0 Å². The fourth-order valence-electron chi connectivity index (χ4n) is 3.44. The van der Waals surface area contributed by atoms with Gasteiger partial charge in [0.1, 0.15) is 0 Å². The number of amides is 1. The summed E-state index contributed by atoms with van der Waals surface area (Å²) in [4.78, 5) is 14.4. The average molecular weight is 425 g/mol. The molecule has 1 amide bonds. The van der Waals surface area contributed by atoms with Gasteiger partial charge in [0.15, 0.2) is 11.5 Å². The van der Waals surface area contributed by atoms with E-state index < -0.39 is 0 Å². The Balaban J connectivity index is 0.00000420. The summed E-state index contributed by atoms with van der Waals surface area (Å²) in [5.41, 5.74) is 0.921.